The van der Waals surface area contributed by atoms with Gasteiger partial charge in [0, 0.05) is 23.7 Å². The van der Waals surface area contributed by atoms with Gasteiger partial charge in [0.25, 0.3) is 0 Å². The Kier molecular flexibility index (Phi) is 6.71. The van der Waals surface area contributed by atoms with E-state index in [9.17, 15) is 23.1 Å². The van der Waals surface area contributed by atoms with Crippen LogP contribution >= 0.6 is 0 Å². The van der Waals surface area contributed by atoms with Gasteiger partial charge in [-0.25, -0.2) is 9.78 Å². The van der Waals surface area contributed by atoms with Crippen molar-refractivity contribution in [3.63, 3.8) is 0 Å². The molecule has 0 amide bonds. The van der Waals surface area contributed by atoms with Gasteiger partial charge < -0.3 is 18.8 Å². The van der Waals surface area contributed by atoms with E-state index >= 15 is 0 Å². The molecule has 0 radical (unpaired) electrons. The molecule has 0 aliphatic rings. The number of oxazole rings is 1. The number of hydrogen-bond acceptors (Lipinski definition) is 4. The molecule has 9 heteroatoms. The number of aryl methyl sites for hydroxylation is 1. The molecular formula is C26H25F3N2O4. The minimum atomic E-state index is -4.40. The van der Waals surface area contributed by atoms with Gasteiger partial charge in [-0.15, -0.1) is 0 Å². The van der Waals surface area contributed by atoms with Crippen molar-refractivity contribution in [3.8, 4) is 11.5 Å². The smallest absolute Gasteiger partial charge is 0.416 e. The lowest BCUT2D eigenvalue weighted by atomic mass is 10.1. The molecule has 184 valence electrons. The van der Waals surface area contributed by atoms with Gasteiger partial charge in [0.1, 0.15) is 11.5 Å². The second kappa shape index (κ2) is 9.58. The van der Waals surface area contributed by atoms with Gasteiger partial charge >= 0.3 is 12.1 Å². The standard InChI is InChI=1S/C26H25F3N2O4/c1-15(2)34-23(25(32)33)13-17-4-9-22-19(12-17)10-11-31(22)14-21-16(3)35-24(30-21)18-5-7-20(8-6-18)26(27,28)29/h4-12,15,23H,13-14H2,1-3H3,(H,32,33)/t23-/m1/s1. The predicted octanol–water partition coefficient (Wildman–Crippen LogP) is 6.09. The molecule has 1 N–H and O–H groups in total. The molecule has 0 saturated carbocycles. The number of carboxylic acid groups (broad SMARTS) is 1. The van der Waals surface area contributed by atoms with Crippen LogP contribution in [-0.2, 0) is 28.7 Å². The summed E-state index contributed by atoms with van der Waals surface area (Å²) < 4.78 is 51.7. The highest BCUT2D eigenvalue weighted by Gasteiger charge is 2.30. The maximum Gasteiger partial charge on any atom is 0.416 e. The van der Waals surface area contributed by atoms with Crippen LogP contribution in [0.25, 0.3) is 22.4 Å². The van der Waals surface area contributed by atoms with Crippen LogP contribution in [0.3, 0.4) is 0 Å². The van der Waals surface area contributed by atoms with Crippen LogP contribution in [0.15, 0.2) is 59.1 Å². The highest BCUT2D eigenvalue weighted by molar-refractivity contribution is 5.81. The average Bonchev–Trinajstić information content (AvgIpc) is 3.36. The normalized spacial score (nSPS) is 13.0. The summed E-state index contributed by atoms with van der Waals surface area (Å²) in [5, 5.41) is 10.4. The Hall–Kier alpha value is -3.59. The molecule has 2 aromatic carbocycles. The summed E-state index contributed by atoms with van der Waals surface area (Å²) in [4.78, 5) is 16.0. The summed E-state index contributed by atoms with van der Waals surface area (Å²) in [5.41, 5.74) is 2.19. The lowest BCUT2D eigenvalue weighted by molar-refractivity contribution is -0.153. The predicted molar refractivity (Wildman–Crippen MR) is 124 cm³/mol. The fourth-order valence-corrected chi connectivity index (χ4v) is 3.91. The number of nitrogens with zero attached hydrogens (tertiary/aromatic N) is 2. The maximum atomic E-state index is 12.8. The molecule has 2 heterocycles. The van der Waals surface area contributed by atoms with Crippen LogP contribution in [0.1, 0.15) is 36.4 Å². The number of halogens is 3. The number of aromatic nitrogens is 2. The van der Waals surface area contributed by atoms with Gasteiger partial charge in [-0.1, -0.05) is 6.07 Å². The van der Waals surface area contributed by atoms with E-state index in [1.165, 1.54) is 12.1 Å². The monoisotopic (exact) mass is 486 g/mol. The molecular weight excluding hydrogens is 461 g/mol. The van der Waals surface area contributed by atoms with Crippen molar-refractivity contribution in [2.45, 2.75) is 52.1 Å². The fraction of sp³-hybridized carbons (Fsp3) is 0.308. The number of fused-ring (bicyclic) bond motifs is 1. The Morgan fingerprint density at radius 3 is 2.49 bits per heavy atom. The van der Waals surface area contributed by atoms with Gasteiger partial charge in [-0.05, 0) is 74.2 Å². The zero-order chi connectivity index (χ0) is 25.3. The number of benzene rings is 2. The Balaban J connectivity index is 1.53. The first kappa shape index (κ1) is 24.5. The van der Waals surface area contributed by atoms with E-state index < -0.39 is 23.8 Å². The van der Waals surface area contributed by atoms with E-state index in [2.05, 4.69) is 4.98 Å². The van der Waals surface area contributed by atoms with E-state index in [1.807, 2.05) is 35.0 Å². The van der Waals surface area contributed by atoms with Gasteiger partial charge in [0.15, 0.2) is 6.10 Å². The zero-order valence-corrected chi connectivity index (χ0v) is 19.5. The number of ether oxygens (including phenoxy) is 1. The molecule has 0 fully saturated rings. The Morgan fingerprint density at radius 1 is 1.14 bits per heavy atom. The highest BCUT2D eigenvalue weighted by atomic mass is 19.4. The summed E-state index contributed by atoms with van der Waals surface area (Å²) in [7, 11) is 0. The van der Waals surface area contributed by atoms with Crippen LogP contribution in [0.2, 0.25) is 0 Å². The number of hydrogen-bond donors (Lipinski definition) is 1. The summed E-state index contributed by atoms with van der Waals surface area (Å²) >= 11 is 0. The summed E-state index contributed by atoms with van der Waals surface area (Å²) in [5.74, 6) is -0.162. The molecule has 0 aliphatic heterocycles. The lowest BCUT2D eigenvalue weighted by Crippen LogP contribution is -2.29. The zero-order valence-electron chi connectivity index (χ0n) is 19.5. The molecule has 0 aliphatic carbocycles. The average molecular weight is 486 g/mol. The third-order valence-electron chi connectivity index (χ3n) is 5.64. The molecule has 0 bridgehead atoms. The number of alkyl halides is 3. The molecule has 0 saturated heterocycles. The molecule has 4 aromatic rings. The van der Waals surface area contributed by atoms with Crippen molar-refractivity contribution in [2.75, 3.05) is 0 Å². The minimum Gasteiger partial charge on any atom is -0.479 e. The van der Waals surface area contributed by atoms with Crippen molar-refractivity contribution in [2.24, 2.45) is 0 Å². The topological polar surface area (TPSA) is 77.5 Å². The second-order valence-corrected chi connectivity index (χ2v) is 8.65. The van der Waals surface area contributed by atoms with Crippen molar-refractivity contribution < 1.29 is 32.2 Å². The minimum absolute atomic E-state index is 0.195. The number of aliphatic carboxylic acids is 1. The van der Waals surface area contributed by atoms with Gasteiger partial charge in [-0.3, -0.25) is 0 Å². The van der Waals surface area contributed by atoms with E-state index in [0.29, 0.717) is 23.6 Å². The van der Waals surface area contributed by atoms with Crippen LogP contribution in [-0.4, -0.2) is 32.8 Å². The highest BCUT2D eigenvalue weighted by Crippen LogP contribution is 2.31. The SMILES string of the molecule is Cc1oc(-c2ccc(C(F)(F)F)cc2)nc1Cn1ccc2cc(C[C@@H](OC(C)C)C(=O)O)ccc21. The molecule has 6 nitrogen and oxygen atoms in total. The molecule has 35 heavy (non-hydrogen) atoms. The first-order valence-corrected chi connectivity index (χ1v) is 11.1. The molecule has 0 unspecified atom stereocenters. The van der Waals surface area contributed by atoms with Crippen molar-refractivity contribution in [1.29, 1.82) is 0 Å². The Labute approximate surface area is 200 Å². The Bertz CT molecular complexity index is 1340. The second-order valence-electron chi connectivity index (χ2n) is 8.65. The van der Waals surface area contributed by atoms with Crippen LogP contribution in [0.4, 0.5) is 13.2 Å². The number of carboxylic acids is 1. The molecule has 4 rings (SSSR count). The van der Waals surface area contributed by atoms with E-state index in [1.54, 1.807) is 20.8 Å². The maximum absolute atomic E-state index is 12.8. The van der Waals surface area contributed by atoms with Crippen molar-refractivity contribution in [1.82, 2.24) is 9.55 Å². The van der Waals surface area contributed by atoms with E-state index in [4.69, 9.17) is 9.15 Å². The largest absolute Gasteiger partial charge is 0.479 e. The van der Waals surface area contributed by atoms with Crippen LogP contribution < -0.4 is 0 Å². The third kappa shape index (κ3) is 5.57. The first-order chi connectivity index (χ1) is 16.5. The molecule has 0 spiro atoms. The summed E-state index contributed by atoms with van der Waals surface area (Å²) in [6.07, 6.45) is -3.36. The van der Waals surface area contributed by atoms with E-state index in [-0.39, 0.29) is 18.4 Å². The van der Waals surface area contributed by atoms with Crippen molar-refractivity contribution >= 4 is 16.9 Å². The molecule has 2 aromatic heterocycles. The van der Waals surface area contributed by atoms with Gasteiger partial charge in [0.2, 0.25) is 5.89 Å². The van der Waals surface area contributed by atoms with Crippen LogP contribution in [0, 0.1) is 6.92 Å². The van der Waals surface area contributed by atoms with Gasteiger partial charge in [-0.2, -0.15) is 13.2 Å². The third-order valence-corrected chi connectivity index (χ3v) is 5.64. The molecule has 1 atom stereocenters. The first-order valence-electron chi connectivity index (χ1n) is 11.1. The fourth-order valence-electron chi connectivity index (χ4n) is 3.91. The summed E-state index contributed by atoms with van der Waals surface area (Å²) in [6, 6.07) is 12.4. The summed E-state index contributed by atoms with van der Waals surface area (Å²) in [6.45, 7) is 5.77. The van der Waals surface area contributed by atoms with Crippen LogP contribution in [0.5, 0.6) is 0 Å². The van der Waals surface area contributed by atoms with Crippen molar-refractivity contribution in [3.05, 3.63) is 77.3 Å². The van der Waals surface area contributed by atoms with E-state index in [0.717, 1.165) is 28.6 Å². The number of rotatable bonds is 8. The lowest BCUT2D eigenvalue weighted by Gasteiger charge is -2.16. The van der Waals surface area contributed by atoms with Gasteiger partial charge in [0.05, 0.1) is 18.2 Å². The Morgan fingerprint density at radius 2 is 1.86 bits per heavy atom. The quantitative estimate of drug-likeness (QED) is 0.326. The number of carbonyl (C=O) groups is 1.